The molecular weight excluding hydrogens is 226 g/mol. The van der Waals surface area contributed by atoms with Crippen LogP contribution in [0.25, 0.3) is 5.65 Å². The van der Waals surface area contributed by atoms with Crippen LogP contribution in [-0.2, 0) is 4.74 Å². The minimum Gasteiger partial charge on any atom is -0.474 e. The summed E-state index contributed by atoms with van der Waals surface area (Å²) < 4.78 is 6.20. The number of rotatable bonds is 1. The van der Waals surface area contributed by atoms with Gasteiger partial charge in [-0.25, -0.2) is 4.98 Å². The fourth-order valence-corrected chi connectivity index (χ4v) is 1.38. The Morgan fingerprint density at radius 3 is 3.12 bits per heavy atom. The van der Waals surface area contributed by atoms with E-state index in [1.54, 1.807) is 18.3 Å². The van der Waals surface area contributed by atoms with Gasteiger partial charge in [-0.2, -0.15) is 0 Å². The smallest absolute Gasteiger partial charge is 0.281 e. The van der Waals surface area contributed by atoms with Crippen LogP contribution in [-0.4, -0.2) is 21.7 Å². The summed E-state index contributed by atoms with van der Waals surface area (Å²) in [6, 6.07) is 5.32. The van der Waals surface area contributed by atoms with Crippen LogP contribution in [0.5, 0.6) is 0 Å². The molecule has 0 radical (unpaired) electrons. The fraction of sp³-hybridized carbons (Fsp3) is 0.100. The number of hydrogen-bond donors (Lipinski definition) is 1. The molecule has 0 aromatic carbocycles. The lowest BCUT2D eigenvalue weighted by molar-refractivity contribution is 0.413. The van der Waals surface area contributed by atoms with Crippen LogP contribution in [0.1, 0.15) is 0 Å². The predicted octanol–water partition coefficient (Wildman–Crippen LogP) is 1.04. The van der Waals surface area contributed by atoms with E-state index < -0.39 is 0 Å². The molecule has 0 saturated carbocycles. The SMILES string of the molecule is COC(=S)Nc1cnc2ccccn2c1=O. The maximum absolute atomic E-state index is 11.9. The van der Waals surface area contributed by atoms with Gasteiger partial charge in [-0.1, -0.05) is 6.07 Å². The Morgan fingerprint density at radius 2 is 2.38 bits per heavy atom. The number of nitrogens with zero attached hydrogens (tertiary/aromatic N) is 2. The number of aromatic nitrogens is 2. The van der Waals surface area contributed by atoms with Crippen LogP contribution in [0.15, 0.2) is 35.4 Å². The highest BCUT2D eigenvalue weighted by molar-refractivity contribution is 7.80. The molecule has 0 amide bonds. The molecule has 2 heterocycles. The molecule has 0 aliphatic heterocycles. The van der Waals surface area contributed by atoms with Crippen LogP contribution >= 0.6 is 12.2 Å². The lowest BCUT2D eigenvalue weighted by Crippen LogP contribution is -2.22. The average molecular weight is 235 g/mol. The van der Waals surface area contributed by atoms with Crippen LogP contribution in [0.4, 0.5) is 5.69 Å². The molecule has 2 aromatic heterocycles. The number of nitrogens with one attached hydrogen (secondary N) is 1. The molecule has 5 nitrogen and oxygen atoms in total. The Labute approximate surface area is 96.7 Å². The lowest BCUT2D eigenvalue weighted by atomic mass is 10.4. The number of ether oxygens (including phenoxy) is 1. The van der Waals surface area contributed by atoms with Crippen LogP contribution in [0.2, 0.25) is 0 Å². The summed E-state index contributed by atoms with van der Waals surface area (Å²) in [5, 5.41) is 2.80. The van der Waals surface area contributed by atoms with Crippen LogP contribution in [0, 0.1) is 0 Å². The zero-order chi connectivity index (χ0) is 11.5. The van der Waals surface area contributed by atoms with Gasteiger partial charge in [-0.15, -0.1) is 0 Å². The molecule has 6 heteroatoms. The first-order chi connectivity index (χ1) is 7.72. The van der Waals surface area contributed by atoms with Gasteiger partial charge in [0.1, 0.15) is 11.3 Å². The monoisotopic (exact) mass is 235 g/mol. The molecular formula is C10H9N3O2S. The van der Waals surface area contributed by atoms with Gasteiger partial charge in [0.05, 0.1) is 13.3 Å². The molecule has 0 fully saturated rings. The molecule has 0 saturated heterocycles. The van der Waals surface area contributed by atoms with Gasteiger partial charge in [-0.3, -0.25) is 9.20 Å². The van der Waals surface area contributed by atoms with Crippen molar-refractivity contribution in [2.75, 3.05) is 12.4 Å². The van der Waals surface area contributed by atoms with E-state index in [1.807, 2.05) is 6.07 Å². The number of anilines is 1. The largest absolute Gasteiger partial charge is 0.474 e. The number of hydrogen-bond acceptors (Lipinski definition) is 4. The summed E-state index contributed by atoms with van der Waals surface area (Å²) >= 11 is 4.81. The third kappa shape index (κ3) is 1.87. The van der Waals surface area contributed by atoms with E-state index in [4.69, 9.17) is 17.0 Å². The van der Waals surface area contributed by atoms with Gasteiger partial charge < -0.3 is 10.1 Å². The van der Waals surface area contributed by atoms with E-state index in [1.165, 1.54) is 17.7 Å². The molecule has 0 unspecified atom stereocenters. The van der Waals surface area contributed by atoms with E-state index in [0.717, 1.165) is 0 Å². The first-order valence-electron chi connectivity index (χ1n) is 4.54. The molecule has 0 aliphatic carbocycles. The average Bonchev–Trinajstić information content (AvgIpc) is 2.33. The van der Waals surface area contributed by atoms with Gasteiger partial charge >= 0.3 is 0 Å². The number of fused-ring (bicyclic) bond motifs is 1. The first-order valence-corrected chi connectivity index (χ1v) is 4.94. The number of thiocarbonyl (C=S) groups is 1. The van der Waals surface area contributed by atoms with Crippen molar-refractivity contribution < 1.29 is 4.74 Å². The summed E-state index contributed by atoms with van der Waals surface area (Å²) in [5.41, 5.74) is 0.655. The highest BCUT2D eigenvalue weighted by Gasteiger charge is 2.05. The summed E-state index contributed by atoms with van der Waals surface area (Å²) in [6.45, 7) is 0. The first kappa shape index (κ1) is 10.6. The summed E-state index contributed by atoms with van der Waals surface area (Å²) in [5.74, 6) is 0. The lowest BCUT2D eigenvalue weighted by Gasteiger charge is -2.06. The Morgan fingerprint density at radius 1 is 1.56 bits per heavy atom. The molecule has 2 aromatic rings. The summed E-state index contributed by atoms with van der Waals surface area (Å²) in [6.07, 6.45) is 3.08. The quantitative estimate of drug-likeness (QED) is 0.748. The van der Waals surface area contributed by atoms with Crippen LogP contribution < -0.4 is 10.9 Å². The highest BCUT2D eigenvalue weighted by Crippen LogP contribution is 2.01. The van der Waals surface area contributed by atoms with Gasteiger partial charge in [-0.05, 0) is 24.4 Å². The van der Waals surface area contributed by atoms with E-state index in [-0.39, 0.29) is 16.4 Å². The maximum Gasteiger partial charge on any atom is 0.281 e. The zero-order valence-electron chi connectivity index (χ0n) is 8.51. The third-order valence-electron chi connectivity index (χ3n) is 2.04. The van der Waals surface area contributed by atoms with E-state index in [0.29, 0.717) is 5.65 Å². The second kappa shape index (κ2) is 4.28. The van der Waals surface area contributed by atoms with Crippen molar-refractivity contribution in [2.45, 2.75) is 0 Å². The second-order valence-electron chi connectivity index (χ2n) is 3.02. The normalized spacial score (nSPS) is 10.1. The Hall–Kier alpha value is -1.95. The molecule has 16 heavy (non-hydrogen) atoms. The Kier molecular flexibility index (Phi) is 2.82. The van der Waals surface area contributed by atoms with Crippen molar-refractivity contribution in [1.29, 1.82) is 0 Å². The molecule has 2 rings (SSSR count). The van der Waals surface area contributed by atoms with Crippen molar-refractivity contribution >= 4 is 28.7 Å². The molecule has 0 spiro atoms. The standard InChI is InChI=1S/C10H9N3O2S/c1-15-10(16)12-7-6-11-8-4-2-3-5-13(8)9(7)14/h2-6H,1H3,(H,12,16). The highest BCUT2D eigenvalue weighted by atomic mass is 32.1. The van der Waals surface area contributed by atoms with Crippen molar-refractivity contribution in [3.8, 4) is 0 Å². The zero-order valence-corrected chi connectivity index (χ0v) is 9.32. The predicted molar refractivity (Wildman–Crippen MR) is 64.7 cm³/mol. The van der Waals surface area contributed by atoms with Gasteiger partial charge in [0.2, 0.25) is 0 Å². The van der Waals surface area contributed by atoms with Crippen molar-refractivity contribution in [3.63, 3.8) is 0 Å². The van der Waals surface area contributed by atoms with Crippen LogP contribution in [0.3, 0.4) is 0 Å². The van der Waals surface area contributed by atoms with E-state index in [9.17, 15) is 4.79 Å². The molecule has 1 N–H and O–H groups in total. The van der Waals surface area contributed by atoms with Gasteiger partial charge in [0.25, 0.3) is 10.7 Å². The minimum absolute atomic E-state index is 0.134. The van der Waals surface area contributed by atoms with E-state index >= 15 is 0 Å². The van der Waals surface area contributed by atoms with E-state index in [2.05, 4.69) is 10.3 Å². The summed E-state index contributed by atoms with van der Waals surface area (Å²) in [7, 11) is 1.43. The van der Waals surface area contributed by atoms with Gasteiger partial charge in [0.15, 0.2) is 0 Å². The molecule has 82 valence electrons. The van der Waals surface area contributed by atoms with Crippen molar-refractivity contribution in [1.82, 2.24) is 9.38 Å². The Bertz CT molecular complexity index is 594. The number of methoxy groups -OCH3 is 1. The fourth-order valence-electron chi connectivity index (χ4n) is 1.27. The maximum atomic E-state index is 11.9. The second-order valence-corrected chi connectivity index (χ2v) is 3.39. The van der Waals surface area contributed by atoms with Crippen molar-refractivity contribution in [3.05, 3.63) is 40.9 Å². The topological polar surface area (TPSA) is 55.6 Å². The number of pyridine rings is 1. The Balaban J connectivity index is 2.53. The minimum atomic E-state index is -0.218. The molecule has 0 bridgehead atoms. The molecule has 0 atom stereocenters. The third-order valence-corrected chi connectivity index (χ3v) is 2.30. The van der Waals surface area contributed by atoms with Crippen molar-refractivity contribution in [2.24, 2.45) is 0 Å². The summed E-state index contributed by atoms with van der Waals surface area (Å²) in [4.78, 5) is 16.0. The molecule has 0 aliphatic rings. The van der Waals surface area contributed by atoms with Gasteiger partial charge in [0, 0.05) is 6.20 Å².